The van der Waals surface area contributed by atoms with Crippen LogP contribution in [0.5, 0.6) is 0 Å². The zero-order valence-corrected chi connectivity index (χ0v) is 9.48. The van der Waals surface area contributed by atoms with E-state index < -0.39 is 0 Å². The highest BCUT2D eigenvalue weighted by molar-refractivity contribution is 7.97. The molecule has 0 aliphatic heterocycles. The molecule has 0 fully saturated rings. The molecule has 0 radical (unpaired) electrons. The van der Waals surface area contributed by atoms with Crippen molar-refractivity contribution in [2.75, 3.05) is 0 Å². The molecule has 2 aromatic rings. The van der Waals surface area contributed by atoms with Crippen molar-refractivity contribution in [3.05, 3.63) is 47.2 Å². The standard InChI is InChI=1S/C10H10ClN3S/c11-9-3-1-8(2-4-9)5-14-15-10-6-12-13-7-10/h1-4,6-7,14H,5H2,(H,12,13). The smallest absolute Gasteiger partial charge is 0.0636 e. The number of aromatic nitrogens is 2. The summed E-state index contributed by atoms with van der Waals surface area (Å²) in [4.78, 5) is 1.07. The normalized spacial score (nSPS) is 10.5. The van der Waals surface area contributed by atoms with E-state index in [9.17, 15) is 0 Å². The molecule has 0 aliphatic rings. The van der Waals surface area contributed by atoms with Crippen LogP contribution >= 0.6 is 23.5 Å². The molecule has 2 rings (SSSR count). The Bertz CT molecular complexity index is 399. The van der Waals surface area contributed by atoms with Crippen LogP contribution in [-0.2, 0) is 6.54 Å². The summed E-state index contributed by atoms with van der Waals surface area (Å²) in [6.07, 6.45) is 3.62. The zero-order chi connectivity index (χ0) is 10.5. The third-order valence-corrected chi connectivity index (χ3v) is 2.85. The number of hydrogen-bond donors (Lipinski definition) is 2. The summed E-state index contributed by atoms with van der Waals surface area (Å²) in [6.45, 7) is 0.799. The molecule has 5 heteroatoms. The van der Waals surface area contributed by atoms with E-state index in [1.165, 1.54) is 5.56 Å². The number of aromatic amines is 1. The SMILES string of the molecule is Clc1ccc(CNSc2cn[nH]c2)cc1. The summed E-state index contributed by atoms with van der Waals surface area (Å²) in [5, 5.41) is 7.38. The number of hydrogen-bond acceptors (Lipinski definition) is 3. The first kappa shape index (κ1) is 10.5. The van der Waals surface area contributed by atoms with Gasteiger partial charge in [-0.25, -0.2) is 0 Å². The number of H-pyrrole nitrogens is 1. The van der Waals surface area contributed by atoms with Crippen molar-refractivity contribution in [1.29, 1.82) is 0 Å². The maximum atomic E-state index is 5.79. The van der Waals surface area contributed by atoms with Gasteiger partial charge in [0.2, 0.25) is 0 Å². The Hall–Kier alpha value is -0.970. The summed E-state index contributed by atoms with van der Waals surface area (Å²) >= 11 is 7.34. The van der Waals surface area contributed by atoms with Gasteiger partial charge in [0.25, 0.3) is 0 Å². The Kier molecular flexibility index (Phi) is 3.66. The fourth-order valence-electron chi connectivity index (χ4n) is 1.10. The molecule has 0 amide bonds. The molecule has 2 N–H and O–H groups in total. The molecule has 0 spiro atoms. The molecule has 0 saturated carbocycles. The summed E-state index contributed by atoms with van der Waals surface area (Å²) in [5.41, 5.74) is 1.20. The largest absolute Gasteiger partial charge is 0.285 e. The van der Waals surface area contributed by atoms with Gasteiger partial charge in [-0.3, -0.25) is 9.82 Å². The van der Waals surface area contributed by atoms with Crippen LogP contribution in [0.3, 0.4) is 0 Å². The van der Waals surface area contributed by atoms with E-state index in [4.69, 9.17) is 11.6 Å². The number of halogens is 1. The van der Waals surface area contributed by atoms with Gasteiger partial charge in [0, 0.05) is 17.8 Å². The van der Waals surface area contributed by atoms with Crippen molar-refractivity contribution in [1.82, 2.24) is 14.9 Å². The van der Waals surface area contributed by atoms with Gasteiger partial charge in [0.05, 0.1) is 11.1 Å². The van der Waals surface area contributed by atoms with Gasteiger partial charge in [-0.15, -0.1) is 0 Å². The van der Waals surface area contributed by atoms with Crippen molar-refractivity contribution in [3.63, 3.8) is 0 Å². The summed E-state index contributed by atoms with van der Waals surface area (Å²) in [7, 11) is 0. The highest BCUT2D eigenvalue weighted by Crippen LogP contribution is 2.13. The van der Waals surface area contributed by atoms with Crippen LogP contribution < -0.4 is 4.72 Å². The van der Waals surface area contributed by atoms with E-state index in [0.717, 1.165) is 16.5 Å². The fraction of sp³-hybridized carbons (Fsp3) is 0.100. The minimum absolute atomic E-state index is 0.765. The molecule has 0 saturated heterocycles. The van der Waals surface area contributed by atoms with E-state index in [0.29, 0.717) is 0 Å². The molecule has 0 unspecified atom stereocenters. The first-order chi connectivity index (χ1) is 7.34. The van der Waals surface area contributed by atoms with Crippen LogP contribution in [-0.4, -0.2) is 10.2 Å². The number of benzene rings is 1. The van der Waals surface area contributed by atoms with Gasteiger partial charge >= 0.3 is 0 Å². The number of rotatable bonds is 4. The van der Waals surface area contributed by atoms with Gasteiger partial charge in [0.15, 0.2) is 0 Å². The van der Waals surface area contributed by atoms with Crippen LogP contribution in [0.1, 0.15) is 5.56 Å². The molecule has 1 aromatic heterocycles. The third kappa shape index (κ3) is 3.27. The van der Waals surface area contributed by atoms with E-state index in [2.05, 4.69) is 14.9 Å². The lowest BCUT2D eigenvalue weighted by Gasteiger charge is -2.02. The van der Waals surface area contributed by atoms with Crippen LogP contribution in [0.15, 0.2) is 41.6 Å². The second kappa shape index (κ2) is 5.21. The molecule has 0 aliphatic carbocycles. The average Bonchev–Trinajstić information content (AvgIpc) is 2.74. The van der Waals surface area contributed by atoms with Crippen LogP contribution in [0.25, 0.3) is 0 Å². The van der Waals surface area contributed by atoms with Crippen molar-refractivity contribution in [2.45, 2.75) is 11.4 Å². The van der Waals surface area contributed by atoms with Gasteiger partial charge < -0.3 is 0 Å². The van der Waals surface area contributed by atoms with E-state index >= 15 is 0 Å². The lowest BCUT2D eigenvalue weighted by molar-refractivity contribution is 0.975. The second-order valence-electron chi connectivity index (χ2n) is 2.98. The first-order valence-electron chi connectivity index (χ1n) is 4.47. The minimum Gasteiger partial charge on any atom is -0.285 e. The van der Waals surface area contributed by atoms with Gasteiger partial charge in [0.1, 0.15) is 0 Å². The monoisotopic (exact) mass is 239 g/mol. The summed E-state index contributed by atoms with van der Waals surface area (Å²) in [5.74, 6) is 0. The Morgan fingerprint density at radius 3 is 2.80 bits per heavy atom. The molecular formula is C10H10ClN3S. The highest BCUT2D eigenvalue weighted by Gasteiger charge is 1.95. The molecule has 0 atom stereocenters. The minimum atomic E-state index is 0.765. The Morgan fingerprint density at radius 1 is 1.33 bits per heavy atom. The van der Waals surface area contributed by atoms with Gasteiger partial charge in [-0.05, 0) is 29.6 Å². The molecular weight excluding hydrogens is 230 g/mol. The highest BCUT2D eigenvalue weighted by atomic mass is 35.5. The van der Waals surface area contributed by atoms with E-state index in [-0.39, 0.29) is 0 Å². The Morgan fingerprint density at radius 2 is 2.13 bits per heavy atom. The predicted octanol–water partition coefficient (Wildman–Crippen LogP) is 2.86. The van der Waals surface area contributed by atoms with Gasteiger partial charge in [-0.1, -0.05) is 23.7 Å². The quantitative estimate of drug-likeness (QED) is 0.807. The Balaban J connectivity index is 1.81. The molecule has 1 heterocycles. The topological polar surface area (TPSA) is 40.7 Å². The first-order valence-corrected chi connectivity index (χ1v) is 5.67. The molecule has 1 aromatic carbocycles. The lowest BCUT2D eigenvalue weighted by Crippen LogP contribution is -2.02. The molecule has 0 bridgehead atoms. The van der Waals surface area contributed by atoms with E-state index in [1.807, 2.05) is 30.5 Å². The van der Waals surface area contributed by atoms with Crippen molar-refractivity contribution < 1.29 is 0 Å². The zero-order valence-electron chi connectivity index (χ0n) is 7.90. The molecule has 3 nitrogen and oxygen atoms in total. The molecule has 78 valence electrons. The fourth-order valence-corrected chi connectivity index (χ4v) is 1.85. The third-order valence-electron chi connectivity index (χ3n) is 1.85. The van der Waals surface area contributed by atoms with E-state index in [1.54, 1.807) is 18.1 Å². The Labute approximate surface area is 97.4 Å². The number of nitrogens with zero attached hydrogens (tertiary/aromatic N) is 1. The maximum absolute atomic E-state index is 5.79. The molecule has 15 heavy (non-hydrogen) atoms. The van der Waals surface area contributed by atoms with Crippen molar-refractivity contribution >= 4 is 23.5 Å². The summed E-state index contributed by atoms with van der Waals surface area (Å²) in [6, 6.07) is 7.79. The average molecular weight is 240 g/mol. The second-order valence-corrected chi connectivity index (χ2v) is 4.38. The van der Waals surface area contributed by atoms with Crippen molar-refractivity contribution in [3.8, 4) is 0 Å². The van der Waals surface area contributed by atoms with Gasteiger partial charge in [-0.2, -0.15) is 5.10 Å². The van der Waals surface area contributed by atoms with Crippen LogP contribution in [0.4, 0.5) is 0 Å². The lowest BCUT2D eigenvalue weighted by atomic mass is 10.2. The van der Waals surface area contributed by atoms with Crippen LogP contribution in [0.2, 0.25) is 5.02 Å². The predicted molar refractivity (Wildman–Crippen MR) is 62.7 cm³/mol. The number of nitrogens with one attached hydrogen (secondary N) is 2. The summed E-state index contributed by atoms with van der Waals surface area (Å²) < 4.78 is 3.24. The van der Waals surface area contributed by atoms with Crippen molar-refractivity contribution in [2.24, 2.45) is 0 Å². The van der Waals surface area contributed by atoms with Crippen LogP contribution in [0, 0.1) is 0 Å². The maximum Gasteiger partial charge on any atom is 0.0636 e.